The van der Waals surface area contributed by atoms with E-state index in [0.29, 0.717) is 6.42 Å². The molecule has 0 aromatic rings. The largest absolute Gasteiger partial charge is 0.301 e. The molecular formula is C5H9NOS. The molecule has 0 saturated carbocycles. The molecule has 0 heterocycles. The van der Waals surface area contributed by atoms with E-state index in [0.717, 1.165) is 11.8 Å². The molecule has 0 spiro atoms. The Morgan fingerprint density at radius 1 is 1.75 bits per heavy atom. The van der Waals surface area contributed by atoms with Crippen molar-refractivity contribution >= 4 is 22.6 Å². The first-order chi connectivity index (χ1) is 3.72. The highest BCUT2D eigenvalue weighted by atomic mass is 32.2. The van der Waals surface area contributed by atoms with Crippen molar-refractivity contribution in [1.29, 1.82) is 5.41 Å². The van der Waals surface area contributed by atoms with Crippen molar-refractivity contribution in [3.05, 3.63) is 0 Å². The van der Waals surface area contributed by atoms with Gasteiger partial charge in [-0.15, -0.1) is 0 Å². The smallest absolute Gasteiger partial charge is 0.232 e. The van der Waals surface area contributed by atoms with E-state index in [9.17, 15) is 4.79 Å². The third-order valence-electron chi connectivity index (χ3n) is 0.785. The van der Waals surface area contributed by atoms with E-state index in [1.54, 1.807) is 13.2 Å². The summed E-state index contributed by atoms with van der Waals surface area (Å²) in [4.78, 5) is 10.5. The lowest BCUT2D eigenvalue weighted by atomic mass is 10.3. The number of carbonyl (C=O) groups is 1. The van der Waals surface area contributed by atoms with Crippen LogP contribution >= 0.6 is 11.8 Å². The predicted octanol–water partition coefficient (Wildman–Crippen LogP) is 1.31. The van der Waals surface area contributed by atoms with E-state index in [4.69, 9.17) is 5.41 Å². The monoisotopic (exact) mass is 131 g/mol. The van der Waals surface area contributed by atoms with E-state index in [1.165, 1.54) is 0 Å². The number of thioether (sulfide) groups is 1. The third-order valence-corrected chi connectivity index (χ3v) is 1.40. The minimum atomic E-state index is -0.118. The zero-order chi connectivity index (χ0) is 6.57. The Balaban J connectivity index is 3.64. The van der Waals surface area contributed by atoms with Gasteiger partial charge in [-0.2, -0.15) is 0 Å². The van der Waals surface area contributed by atoms with Crippen LogP contribution in [-0.2, 0) is 4.79 Å². The van der Waals surface area contributed by atoms with Crippen LogP contribution in [0.5, 0.6) is 0 Å². The van der Waals surface area contributed by atoms with E-state index < -0.39 is 0 Å². The molecule has 0 aliphatic heterocycles. The van der Waals surface area contributed by atoms with Crippen molar-refractivity contribution < 1.29 is 4.79 Å². The van der Waals surface area contributed by atoms with Crippen LogP contribution in [0.15, 0.2) is 0 Å². The molecule has 0 aromatic heterocycles. The van der Waals surface area contributed by atoms with E-state index in [2.05, 4.69) is 0 Å². The highest BCUT2D eigenvalue weighted by Gasteiger charge is 2.02. The lowest BCUT2D eigenvalue weighted by molar-refractivity contribution is -0.105. The second-order valence-electron chi connectivity index (χ2n) is 1.32. The second kappa shape index (κ2) is 3.66. The van der Waals surface area contributed by atoms with Gasteiger partial charge in [0.25, 0.3) is 0 Å². The Morgan fingerprint density at radius 3 is 2.38 bits per heavy atom. The molecule has 0 amide bonds. The minimum absolute atomic E-state index is 0.118. The van der Waals surface area contributed by atoms with Gasteiger partial charge < -0.3 is 5.41 Å². The lowest BCUT2D eigenvalue weighted by Gasteiger charge is -1.91. The topological polar surface area (TPSA) is 40.9 Å². The highest BCUT2D eigenvalue weighted by molar-refractivity contribution is 8.14. The zero-order valence-electron chi connectivity index (χ0n) is 5.02. The molecule has 0 atom stereocenters. The van der Waals surface area contributed by atoms with Crippen molar-refractivity contribution in [1.82, 2.24) is 0 Å². The average Bonchev–Trinajstić information content (AvgIpc) is 1.84. The summed E-state index contributed by atoms with van der Waals surface area (Å²) in [5, 5.41) is 6.85. The SMILES string of the molecule is CCC(=N)C(=O)SC. The molecule has 0 radical (unpaired) electrons. The summed E-state index contributed by atoms with van der Waals surface area (Å²) in [6, 6.07) is 0. The maximum atomic E-state index is 10.5. The molecule has 0 aliphatic rings. The molecule has 2 nitrogen and oxygen atoms in total. The summed E-state index contributed by atoms with van der Waals surface area (Å²) in [5.41, 5.74) is 0.206. The summed E-state index contributed by atoms with van der Waals surface area (Å²) < 4.78 is 0. The van der Waals surface area contributed by atoms with Gasteiger partial charge >= 0.3 is 0 Å². The van der Waals surface area contributed by atoms with Crippen LogP contribution in [0.2, 0.25) is 0 Å². The first-order valence-electron chi connectivity index (χ1n) is 2.38. The molecule has 0 aromatic carbocycles. The van der Waals surface area contributed by atoms with Gasteiger partial charge in [0, 0.05) is 0 Å². The molecule has 1 N–H and O–H groups in total. The fourth-order valence-electron chi connectivity index (χ4n) is 0.268. The van der Waals surface area contributed by atoms with Crippen LogP contribution in [-0.4, -0.2) is 17.1 Å². The number of rotatable bonds is 2. The van der Waals surface area contributed by atoms with Crippen LogP contribution in [0.1, 0.15) is 13.3 Å². The normalized spacial score (nSPS) is 8.75. The maximum absolute atomic E-state index is 10.5. The molecular weight excluding hydrogens is 122 g/mol. The number of nitrogens with one attached hydrogen (secondary N) is 1. The van der Waals surface area contributed by atoms with Gasteiger partial charge in [-0.05, 0) is 12.7 Å². The van der Waals surface area contributed by atoms with E-state index >= 15 is 0 Å². The minimum Gasteiger partial charge on any atom is -0.301 e. The van der Waals surface area contributed by atoms with Crippen LogP contribution in [0, 0.1) is 5.41 Å². The van der Waals surface area contributed by atoms with Crippen LogP contribution in [0.3, 0.4) is 0 Å². The molecule has 3 heteroatoms. The summed E-state index contributed by atoms with van der Waals surface area (Å²) in [5.74, 6) is 0. The summed E-state index contributed by atoms with van der Waals surface area (Å²) >= 11 is 1.09. The van der Waals surface area contributed by atoms with Gasteiger partial charge in [0.15, 0.2) is 0 Å². The fraction of sp³-hybridized carbons (Fsp3) is 0.600. The Kier molecular flexibility index (Phi) is 3.52. The van der Waals surface area contributed by atoms with Gasteiger partial charge in [0.1, 0.15) is 0 Å². The van der Waals surface area contributed by atoms with Crippen molar-refractivity contribution in [2.24, 2.45) is 0 Å². The molecule has 0 rings (SSSR count). The summed E-state index contributed by atoms with van der Waals surface area (Å²) in [6.45, 7) is 1.80. The number of carbonyl (C=O) groups excluding carboxylic acids is 1. The Labute approximate surface area is 53.2 Å². The molecule has 0 unspecified atom stereocenters. The summed E-state index contributed by atoms with van der Waals surface area (Å²) in [7, 11) is 0. The molecule has 0 bridgehead atoms. The lowest BCUT2D eigenvalue weighted by Crippen LogP contribution is -2.05. The van der Waals surface area contributed by atoms with Crippen molar-refractivity contribution in [3.8, 4) is 0 Å². The molecule has 0 fully saturated rings. The van der Waals surface area contributed by atoms with Crippen LogP contribution < -0.4 is 0 Å². The van der Waals surface area contributed by atoms with Crippen LogP contribution in [0.25, 0.3) is 0 Å². The quantitative estimate of drug-likeness (QED) is 0.574. The number of hydrogen-bond donors (Lipinski definition) is 1. The van der Waals surface area contributed by atoms with Gasteiger partial charge in [0.2, 0.25) is 5.12 Å². The Morgan fingerprint density at radius 2 is 2.25 bits per heavy atom. The Bertz CT molecular complexity index is 97.0. The molecule has 0 saturated heterocycles. The number of hydrogen-bond acceptors (Lipinski definition) is 3. The average molecular weight is 131 g/mol. The second-order valence-corrected chi connectivity index (χ2v) is 2.10. The zero-order valence-corrected chi connectivity index (χ0v) is 5.84. The van der Waals surface area contributed by atoms with E-state index in [-0.39, 0.29) is 10.8 Å². The van der Waals surface area contributed by atoms with E-state index in [1.807, 2.05) is 0 Å². The van der Waals surface area contributed by atoms with Crippen molar-refractivity contribution in [2.75, 3.05) is 6.26 Å². The molecule has 46 valence electrons. The third kappa shape index (κ3) is 2.12. The maximum Gasteiger partial charge on any atom is 0.232 e. The molecule has 0 aliphatic carbocycles. The van der Waals surface area contributed by atoms with Crippen LogP contribution in [0.4, 0.5) is 0 Å². The van der Waals surface area contributed by atoms with Gasteiger partial charge in [-0.1, -0.05) is 18.7 Å². The molecule has 8 heavy (non-hydrogen) atoms. The van der Waals surface area contributed by atoms with Gasteiger partial charge in [0.05, 0.1) is 5.71 Å². The fourth-order valence-corrected chi connectivity index (χ4v) is 0.658. The first-order valence-corrected chi connectivity index (χ1v) is 3.60. The summed E-state index contributed by atoms with van der Waals surface area (Å²) in [6.07, 6.45) is 2.23. The van der Waals surface area contributed by atoms with Crippen molar-refractivity contribution in [3.63, 3.8) is 0 Å². The van der Waals surface area contributed by atoms with Gasteiger partial charge in [-0.3, -0.25) is 4.79 Å². The first kappa shape index (κ1) is 7.69. The Hall–Kier alpha value is -0.310. The highest BCUT2D eigenvalue weighted by Crippen LogP contribution is 1.97. The standard InChI is InChI=1S/C5H9NOS/c1-3-4(6)5(7)8-2/h6H,3H2,1-2H3. The van der Waals surface area contributed by atoms with Crippen molar-refractivity contribution in [2.45, 2.75) is 13.3 Å². The van der Waals surface area contributed by atoms with Gasteiger partial charge in [-0.25, -0.2) is 0 Å². The predicted molar refractivity (Wildman–Crippen MR) is 36.5 cm³/mol.